The van der Waals surface area contributed by atoms with E-state index in [1.54, 1.807) is 0 Å². The first kappa shape index (κ1) is 9.13. The monoisotopic (exact) mass is 165 g/mol. The molecule has 1 rings (SSSR count). The average Bonchev–Trinajstić information content (AvgIpc) is 2.05. The van der Waals surface area contributed by atoms with Crippen LogP contribution >= 0.6 is 0 Å². The zero-order valence-corrected chi connectivity index (χ0v) is 7.67. The summed E-state index contributed by atoms with van der Waals surface area (Å²) >= 11 is 0. The van der Waals surface area contributed by atoms with Crippen molar-refractivity contribution in [3.63, 3.8) is 0 Å². The van der Waals surface area contributed by atoms with Gasteiger partial charge in [0.25, 0.3) is 0 Å². The zero-order chi connectivity index (χ0) is 8.81. The third-order valence-corrected chi connectivity index (χ3v) is 1.69. The third-order valence-electron chi connectivity index (χ3n) is 1.69. The average molecular weight is 165 g/mol. The minimum atomic E-state index is 0.858. The fraction of sp³-hybridized carbons (Fsp3) is 0.556. The molecule has 0 aliphatic rings. The van der Waals surface area contributed by atoms with Crippen LogP contribution in [0.2, 0.25) is 0 Å². The Labute approximate surface area is 73.2 Å². The number of nitrogens with zero attached hydrogens (tertiary/aromatic N) is 2. The lowest BCUT2D eigenvalue weighted by Crippen LogP contribution is -2.09. The van der Waals surface area contributed by atoms with Gasteiger partial charge < -0.3 is 5.32 Å². The Hall–Kier alpha value is -0.960. The number of rotatable bonds is 4. The van der Waals surface area contributed by atoms with Gasteiger partial charge in [-0.15, -0.1) is 0 Å². The molecule has 0 bridgehead atoms. The first-order valence-electron chi connectivity index (χ1n) is 4.26. The molecule has 0 atom stereocenters. The number of nitrogens with one attached hydrogen (secondary N) is 1. The van der Waals surface area contributed by atoms with E-state index in [2.05, 4.69) is 15.3 Å². The second kappa shape index (κ2) is 4.83. The molecule has 1 N–H and O–H groups in total. The summed E-state index contributed by atoms with van der Waals surface area (Å²) in [6.07, 6.45) is 3.98. The summed E-state index contributed by atoms with van der Waals surface area (Å²) < 4.78 is 0. The van der Waals surface area contributed by atoms with Crippen LogP contribution in [0, 0.1) is 6.92 Å². The largest absolute Gasteiger partial charge is 0.320 e. The highest BCUT2D eigenvalue weighted by atomic mass is 14.9. The molecule has 0 aliphatic carbocycles. The van der Waals surface area contributed by atoms with E-state index in [1.807, 2.05) is 26.2 Å². The molecule has 12 heavy (non-hydrogen) atoms. The first-order valence-corrected chi connectivity index (χ1v) is 4.26. The van der Waals surface area contributed by atoms with Crippen molar-refractivity contribution in [3.8, 4) is 0 Å². The van der Waals surface area contributed by atoms with Crippen LogP contribution in [0.25, 0.3) is 0 Å². The van der Waals surface area contributed by atoms with Gasteiger partial charge in [-0.3, -0.25) is 0 Å². The molecule has 0 amide bonds. The maximum Gasteiger partial charge on any atom is 0.125 e. The van der Waals surface area contributed by atoms with E-state index in [0.29, 0.717) is 0 Å². The number of aromatic nitrogens is 2. The summed E-state index contributed by atoms with van der Waals surface area (Å²) in [4.78, 5) is 8.35. The predicted octanol–water partition coefficient (Wildman–Crippen LogP) is 0.937. The van der Waals surface area contributed by atoms with Crippen LogP contribution in [0.3, 0.4) is 0 Å². The molecule has 1 aromatic rings. The Kier molecular flexibility index (Phi) is 3.67. The predicted molar refractivity (Wildman–Crippen MR) is 49.0 cm³/mol. The fourth-order valence-electron chi connectivity index (χ4n) is 1.09. The third kappa shape index (κ3) is 2.96. The maximum absolute atomic E-state index is 4.31. The van der Waals surface area contributed by atoms with Crippen molar-refractivity contribution in [2.75, 3.05) is 13.6 Å². The molecule has 0 spiro atoms. The number of hydrogen-bond donors (Lipinski definition) is 1. The summed E-state index contributed by atoms with van der Waals surface area (Å²) in [7, 11) is 1.96. The Morgan fingerprint density at radius 1 is 1.50 bits per heavy atom. The van der Waals surface area contributed by atoms with Crippen LogP contribution in [0.5, 0.6) is 0 Å². The van der Waals surface area contributed by atoms with Crippen molar-refractivity contribution in [2.24, 2.45) is 0 Å². The van der Waals surface area contributed by atoms with E-state index >= 15 is 0 Å². The molecule has 0 saturated carbocycles. The number of hydrogen-bond acceptors (Lipinski definition) is 3. The van der Waals surface area contributed by atoms with E-state index in [4.69, 9.17) is 0 Å². The summed E-state index contributed by atoms with van der Waals surface area (Å²) in [6.45, 7) is 2.96. The molecule has 0 radical (unpaired) electrons. The van der Waals surface area contributed by atoms with Gasteiger partial charge in [-0.1, -0.05) is 0 Å². The lowest BCUT2D eigenvalue weighted by atomic mass is 10.2. The molecule has 0 aromatic carbocycles. The van der Waals surface area contributed by atoms with E-state index in [-0.39, 0.29) is 0 Å². The number of aryl methyl sites for hydroxylation is 2. The Morgan fingerprint density at radius 3 is 3.00 bits per heavy atom. The zero-order valence-electron chi connectivity index (χ0n) is 7.67. The molecule has 0 unspecified atom stereocenters. The SMILES string of the molecule is CNCCCc1ccnc(C)n1. The normalized spacial score (nSPS) is 10.2. The van der Waals surface area contributed by atoms with Gasteiger partial charge in [0.05, 0.1) is 0 Å². The van der Waals surface area contributed by atoms with Crippen LogP contribution in [0.1, 0.15) is 17.9 Å². The van der Waals surface area contributed by atoms with Crippen molar-refractivity contribution in [1.29, 1.82) is 0 Å². The highest BCUT2D eigenvalue weighted by Gasteiger charge is 1.94. The van der Waals surface area contributed by atoms with Gasteiger partial charge in [-0.05, 0) is 39.4 Å². The molecule has 1 heterocycles. The maximum atomic E-state index is 4.31. The fourth-order valence-corrected chi connectivity index (χ4v) is 1.09. The standard InChI is InChI=1S/C9H15N3/c1-8-11-7-5-9(12-8)4-3-6-10-2/h5,7,10H,3-4,6H2,1-2H3. The van der Waals surface area contributed by atoms with Gasteiger partial charge in [0.1, 0.15) is 5.82 Å². The Morgan fingerprint density at radius 2 is 2.33 bits per heavy atom. The minimum Gasteiger partial charge on any atom is -0.320 e. The molecule has 3 nitrogen and oxygen atoms in total. The highest BCUT2D eigenvalue weighted by Crippen LogP contribution is 1.97. The smallest absolute Gasteiger partial charge is 0.125 e. The van der Waals surface area contributed by atoms with Crippen LogP contribution in [-0.4, -0.2) is 23.6 Å². The van der Waals surface area contributed by atoms with Gasteiger partial charge in [0, 0.05) is 11.9 Å². The van der Waals surface area contributed by atoms with E-state index < -0.39 is 0 Å². The molecule has 66 valence electrons. The Bertz CT molecular complexity index is 235. The molecule has 0 fully saturated rings. The van der Waals surface area contributed by atoms with Crippen LogP contribution in [0.15, 0.2) is 12.3 Å². The van der Waals surface area contributed by atoms with Crippen molar-refractivity contribution >= 4 is 0 Å². The second-order valence-electron chi connectivity index (χ2n) is 2.80. The quantitative estimate of drug-likeness (QED) is 0.675. The summed E-state index contributed by atoms with van der Waals surface area (Å²) in [6, 6.07) is 1.97. The van der Waals surface area contributed by atoms with Crippen LogP contribution in [0.4, 0.5) is 0 Å². The van der Waals surface area contributed by atoms with Crippen LogP contribution < -0.4 is 5.32 Å². The van der Waals surface area contributed by atoms with Gasteiger partial charge in [0.2, 0.25) is 0 Å². The van der Waals surface area contributed by atoms with Crippen LogP contribution in [-0.2, 0) is 6.42 Å². The van der Waals surface area contributed by atoms with Gasteiger partial charge in [-0.2, -0.15) is 0 Å². The molecule has 3 heteroatoms. The molecular formula is C9H15N3. The molecule has 1 aromatic heterocycles. The van der Waals surface area contributed by atoms with Crippen molar-refractivity contribution < 1.29 is 0 Å². The second-order valence-corrected chi connectivity index (χ2v) is 2.80. The van der Waals surface area contributed by atoms with E-state index in [0.717, 1.165) is 30.9 Å². The highest BCUT2D eigenvalue weighted by molar-refractivity contribution is 5.01. The topological polar surface area (TPSA) is 37.8 Å². The van der Waals surface area contributed by atoms with E-state index in [1.165, 1.54) is 0 Å². The molecular weight excluding hydrogens is 150 g/mol. The lowest BCUT2D eigenvalue weighted by Gasteiger charge is -2.00. The molecule has 0 aliphatic heterocycles. The van der Waals surface area contributed by atoms with Crippen molar-refractivity contribution in [3.05, 3.63) is 23.8 Å². The van der Waals surface area contributed by atoms with Gasteiger partial charge >= 0.3 is 0 Å². The molecule has 0 saturated heterocycles. The minimum absolute atomic E-state index is 0.858. The summed E-state index contributed by atoms with van der Waals surface area (Å²) in [5, 5.41) is 3.11. The van der Waals surface area contributed by atoms with E-state index in [9.17, 15) is 0 Å². The van der Waals surface area contributed by atoms with Crippen molar-refractivity contribution in [2.45, 2.75) is 19.8 Å². The van der Waals surface area contributed by atoms with Crippen molar-refractivity contribution in [1.82, 2.24) is 15.3 Å². The Balaban J connectivity index is 2.41. The lowest BCUT2D eigenvalue weighted by molar-refractivity contribution is 0.711. The van der Waals surface area contributed by atoms with Gasteiger partial charge in [0.15, 0.2) is 0 Å². The summed E-state index contributed by atoms with van der Waals surface area (Å²) in [5.41, 5.74) is 1.14. The first-order chi connectivity index (χ1) is 5.83. The van der Waals surface area contributed by atoms with Gasteiger partial charge in [-0.25, -0.2) is 9.97 Å². The summed E-state index contributed by atoms with van der Waals surface area (Å²) in [5.74, 6) is 0.858.